The van der Waals surface area contributed by atoms with E-state index in [0.29, 0.717) is 0 Å². The van der Waals surface area contributed by atoms with Crippen molar-refractivity contribution in [3.63, 3.8) is 0 Å². The molecule has 1 aliphatic rings. The van der Waals surface area contributed by atoms with E-state index in [1.54, 1.807) is 11.9 Å². The first-order chi connectivity index (χ1) is 5.57. The van der Waals surface area contributed by atoms with Crippen LogP contribution in [0.3, 0.4) is 0 Å². The van der Waals surface area contributed by atoms with E-state index in [9.17, 15) is 4.79 Å². The van der Waals surface area contributed by atoms with Crippen LogP contribution in [0.4, 0.5) is 0 Å². The number of carbonyl (C=O) groups is 1. The molecule has 0 fully saturated rings. The average molecular weight is 169 g/mol. The third kappa shape index (κ3) is 1.37. The predicted molar refractivity (Wildman–Crippen MR) is 46.6 cm³/mol. The Bertz CT molecular complexity index is 233. The molecule has 0 saturated heterocycles. The molecule has 0 spiro atoms. The summed E-state index contributed by atoms with van der Waals surface area (Å²) in [5.41, 5.74) is 1.92. The molecule has 3 nitrogen and oxygen atoms in total. The van der Waals surface area contributed by atoms with E-state index in [0.717, 1.165) is 17.6 Å². The van der Waals surface area contributed by atoms with Gasteiger partial charge in [-0.05, 0) is 20.3 Å². The fraction of sp³-hybridized carbons (Fsp3) is 0.667. The molecule has 1 unspecified atom stereocenters. The molecule has 68 valence electrons. The SMILES string of the molecule is CC1=C(C)C(=O)N(C)C(CO)C1. The number of rotatable bonds is 1. The standard InChI is InChI=1S/C9H15NO2/c1-6-4-8(5-11)10(3)9(12)7(6)2/h8,11H,4-5H2,1-3H3. The van der Waals surface area contributed by atoms with Crippen LogP contribution in [0.25, 0.3) is 0 Å². The normalized spacial score (nSPS) is 25.2. The van der Waals surface area contributed by atoms with Crippen LogP contribution in [-0.4, -0.2) is 35.6 Å². The van der Waals surface area contributed by atoms with Crippen LogP contribution < -0.4 is 0 Å². The van der Waals surface area contributed by atoms with Gasteiger partial charge in [-0.2, -0.15) is 0 Å². The smallest absolute Gasteiger partial charge is 0.249 e. The van der Waals surface area contributed by atoms with E-state index in [1.165, 1.54) is 0 Å². The highest BCUT2D eigenvalue weighted by Gasteiger charge is 2.26. The minimum absolute atomic E-state index is 0.0267. The van der Waals surface area contributed by atoms with Crippen molar-refractivity contribution in [1.82, 2.24) is 4.90 Å². The number of amides is 1. The van der Waals surface area contributed by atoms with Crippen molar-refractivity contribution >= 4 is 5.91 Å². The van der Waals surface area contributed by atoms with E-state index >= 15 is 0 Å². The van der Waals surface area contributed by atoms with E-state index < -0.39 is 0 Å². The molecule has 0 aromatic rings. The van der Waals surface area contributed by atoms with Crippen LogP contribution >= 0.6 is 0 Å². The summed E-state index contributed by atoms with van der Waals surface area (Å²) >= 11 is 0. The van der Waals surface area contributed by atoms with Crippen molar-refractivity contribution in [2.75, 3.05) is 13.7 Å². The summed E-state index contributed by atoms with van der Waals surface area (Å²) in [6.07, 6.45) is 0.796. The third-order valence-corrected chi connectivity index (χ3v) is 2.58. The number of carbonyl (C=O) groups excluding carboxylic acids is 1. The Hall–Kier alpha value is -0.830. The first kappa shape index (κ1) is 9.26. The molecule has 0 saturated carbocycles. The van der Waals surface area contributed by atoms with Gasteiger partial charge in [0, 0.05) is 12.6 Å². The maximum absolute atomic E-state index is 11.5. The zero-order valence-corrected chi connectivity index (χ0v) is 7.79. The van der Waals surface area contributed by atoms with Gasteiger partial charge in [-0.3, -0.25) is 4.79 Å². The fourth-order valence-electron chi connectivity index (χ4n) is 1.44. The molecular formula is C9H15NO2. The molecular weight excluding hydrogens is 154 g/mol. The second-order valence-electron chi connectivity index (χ2n) is 3.36. The lowest BCUT2D eigenvalue weighted by molar-refractivity contribution is -0.129. The third-order valence-electron chi connectivity index (χ3n) is 2.58. The molecule has 1 heterocycles. The van der Waals surface area contributed by atoms with Crippen molar-refractivity contribution in [3.05, 3.63) is 11.1 Å². The van der Waals surface area contributed by atoms with Gasteiger partial charge in [0.2, 0.25) is 5.91 Å². The lowest BCUT2D eigenvalue weighted by atomic mass is 9.96. The number of hydrogen-bond acceptors (Lipinski definition) is 2. The van der Waals surface area contributed by atoms with Gasteiger partial charge in [-0.1, -0.05) is 5.57 Å². The Morgan fingerprint density at radius 2 is 2.17 bits per heavy atom. The number of likely N-dealkylation sites (N-methyl/N-ethyl adjacent to an activating group) is 1. The number of aliphatic hydroxyl groups excluding tert-OH is 1. The maximum Gasteiger partial charge on any atom is 0.249 e. The minimum Gasteiger partial charge on any atom is -0.394 e. The highest BCUT2D eigenvalue weighted by Crippen LogP contribution is 2.21. The van der Waals surface area contributed by atoms with Crippen molar-refractivity contribution in [3.8, 4) is 0 Å². The second-order valence-corrected chi connectivity index (χ2v) is 3.36. The summed E-state index contributed by atoms with van der Waals surface area (Å²) in [6, 6.07) is -0.0267. The van der Waals surface area contributed by atoms with Gasteiger partial charge in [-0.25, -0.2) is 0 Å². The predicted octanol–water partition coefficient (Wildman–Crippen LogP) is 0.546. The number of nitrogens with zero attached hydrogens (tertiary/aromatic N) is 1. The van der Waals surface area contributed by atoms with Crippen LogP contribution in [0.2, 0.25) is 0 Å². The highest BCUT2D eigenvalue weighted by atomic mass is 16.3. The monoisotopic (exact) mass is 169 g/mol. The minimum atomic E-state index is -0.0267. The first-order valence-electron chi connectivity index (χ1n) is 4.12. The maximum atomic E-state index is 11.5. The van der Waals surface area contributed by atoms with Gasteiger partial charge in [0.05, 0.1) is 12.6 Å². The molecule has 0 aromatic carbocycles. The molecule has 0 radical (unpaired) electrons. The van der Waals surface area contributed by atoms with E-state index in [1.807, 2.05) is 13.8 Å². The molecule has 1 rings (SSSR count). The topological polar surface area (TPSA) is 40.5 Å². The molecule has 12 heavy (non-hydrogen) atoms. The number of aliphatic hydroxyl groups is 1. The summed E-state index contributed by atoms with van der Waals surface area (Å²) in [5.74, 6) is 0.0396. The Morgan fingerprint density at radius 3 is 2.67 bits per heavy atom. The lowest BCUT2D eigenvalue weighted by Gasteiger charge is -2.32. The molecule has 1 N–H and O–H groups in total. The summed E-state index contributed by atoms with van der Waals surface area (Å²) < 4.78 is 0. The Labute approximate surface area is 72.7 Å². The Kier molecular flexibility index (Phi) is 2.52. The van der Waals surface area contributed by atoms with Gasteiger partial charge in [-0.15, -0.1) is 0 Å². The molecule has 1 amide bonds. The van der Waals surface area contributed by atoms with Crippen LogP contribution in [0.5, 0.6) is 0 Å². The van der Waals surface area contributed by atoms with E-state index in [4.69, 9.17) is 5.11 Å². The quantitative estimate of drug-likeness (QED) is 0.622. The van der Waals surface area contributed by atoms with Crippen molar-refractivity contribution in [2.45, 2.75) is 26.3 Å². The first-order valence-corrected chi connectivity index (χ1v) is 4.12. The van der Waals surface area contributed by atoms with Gasteiger partial charge in [0.1, 0.15) is 0 Å². The Morgan fingerprint density at radius 1 is 1.58 bits per heavy atom. The van der Waals surface area contributed by atoms with E-state index in [-0.39, 0.29) is 18.6 Å². The molecule has 0 bridgehead atoms. The average Bonchev–Trinajstić information content (AvgIpc) is 2.08. The fourth-order valence-corrected chi connectivity index (χ4v) is 1.44. The van der Waals surface area contributed by atoms with Crippen LogP contribution in [0.1, 0.15) is 20.3 Å². The lowest BCUT2D eigenvalue weighted by Crippen LogP contribution is -2.43. The van der Waals surface area contributed by atoms with Crippen molar-refractivity contribution in [2.24, 2.45) is 0 Å². The zero-order valence-electron chi connectivity index (χ0n) is 7.79. The van der Waals surface area contributed by atoms with Gasteiger partial charge >= 0.3 is 0 Å². The van der Waals surface area contributed by atoms with Crippen LogP contribution in [0.15, 0.2) is 11.1 Å². The van der Waals surface area contributed by atoms with Gasteiger partial charge in [0.15, 0.2) is 0 Å². The van der Waals surface area contributed by atoms with Crippen LogP contribution in [0, 0.1) is 0 Å². The van der Waals surface area contributed by atoms with Gasteiger partial charge in [0.25, 0.3) is 0 Å². The highest BCUT2D eigenvalue weighted by molar-refractivity contribution is 5.94. The zero-order chi connectivity index (χ0) is 9.30. The Balaban J connectivity index is 2.91. The summed E-state index contributed by atoms with van der Waals surface area (Å²) in [7, 11) is 1.74. The molecule has 1 atom stereocenters. The molecule has 1 aliphatic heterocycles. The summed E-state index contributed by atoms with van der Waals surface area (Å²) in [4.78, 5) is 13.1. The van der Waals surface area contributed by atoms with E-state index in [2.05, 4.69) is 0 Å². The van der Waals surface area contributed by atoms with Crippen molar-refractivity contribution < 1.29 is 9.90 Å². The van der Waals surface area contributed by atoms with Crippen LogP contribution in [-0.2, 0) is 4.79 Å². The molecule has 0 aromatic heterocycles. The summed E-state index contributed by atoms with van der Waals surface area (Å²) in [6.45, 7) is 3.83. The van der Waals surface area contributed by atoms with Crippen molar-refractivity contribution in [1.29, 1.82) is 0 Å². The second kappa shape index (κ2) is 3.27. The molecule has 0 aliphatic carbocycles. The summed E-state index contributed by atoms with van der Waals surface area (Å²) in [5, 5.41) is 8.97. The largest absolute Gasteiger partial charge is 0.394 e. The number of hydrogen-bond donors (Lipinski definition) is 1. The molecule has 3 heteroatoms. The van der Waals surface area contributed by atoms with Gasteiger partial charge < -0.3 is 10.0 Å².